The molecule has 0 aromatic heterocycles. The van der Waals surface area contributed by atoms with Crippen molar-refractivity contribution < 1.29 is 4.74 Å². The molecule has 0 aromatic rings. The van der Waals surface area contributed by atoms with Gasteiger partial charge in [0.1, 0.15) is 0 Å². The summed E-state index contributed by atoms with van der Waals surface area (Å²) in [7, 11) is 1.80. The number of nitrogens with one attached hydrogen (secondary N) is 1. The topological polar surface area (TPSA) is 24.5 Å². The van der Waals surface area contributed by atoms with E-state index < -0.39 is 0 Å². The largest absolute Gasteiger partial charge is 0.383 e. The second-order valence-corrected chi connectivity index (χ2v) is 5.62. The highest BCUT2D eigenvalue weighted by Gasteiger charge is 2.15. The van der Waals surface area contributed by atoms with E-state index in [1.165, 1.54) is 51.7 Å². The zero-order valence-electron chi connectivity index (χ0n) is 12.6. The van der Waals surface area contributed by atoms with Crippen molar-refractivity contribution in [2.45, 2.75) is 52.0 Å². The molecule has 0 amide bonds. The lowest BCUT2D eigenvalue weighted by atomic mass is 9.93. The van der Waals surface area contributed by atoms with Crippen LogP contribution in [0, 0.1) is 5.92 Å². The third-order valence-electron chi connectivity index (χ3n) is 4.31. The molecule has 0 radical (unpaired) electrons. The summed E-state index contributed by atoms with van der Waals surface area (Å²) in [4.78, 5) is 2.59. The van der Waals surface area contributed by atoms with Gasteiger partial charge in [-0.2, -0.15) is 0 Å². The van der Waals surface area contributed by atoms with E-state index in [1.807, 2.05) is 0 Å². The van der Waals surface area contributed by atoms with Gasteiger partial charge in [0.05, 0.1) is 6.61 Å². The predicted octanol–water partition coefficient (Wildman–Crippen LogP) is 2.51. The second-order valence-electron chi connectivity index (χ2n) is 5.62. The summed E-state index contributed by atoms with van der Waals surface area (Å²) in [6, 6.07) is 0.688. The molecule has 1 rings (SSSR count). The number of methoxy groups -OCH3 is 1. The van der Waals surface area contributed by atoms with Crippen molar-refractivity contribution in [2.24, 2.45) is 5.92 Å². The lowest BCUT2D eigenvalue weighted by Gasteiger charge is -2.29. The summed E-state index contributed by atoms with van der Waals surface area (Å²) in [5.41, 5.74) is 0. The first-order chi connectivity index (χ1) is 8.77. The Bertz CT molecular complexity index is 193. The summed E-state index contributed by atoms with van der Waals surface area (Å²) in [6.45, 7) is 10.2. The van der Waals surface area contributed by atoms with Crippen molar-refractivity contribution in [2.75, 3.05) is 39.9 Å². The molecule has 1 saturated heterocycles. The molecule has 1 heterocycles. The normalized spacial score (nSPS) is 19.3. The van der Waals surface area contributed by atoms with Gasteiger partial charge < -0.3 is 10.1 Å². The quantitative estimate of drug-likeness (QED) is 0.686. The molecular formula is C15H32N2O. The molecule has 1 aliphatic rings. The minimum absolute atomic E-state index is 0.688. The van der Waals surface area contributed by atoms with Gasteiger partial charge in [-0.3, -0.25) is 4.90 Å². The first-order valence-corrected chi connectivity index (χ1v) is 7.71. The molecule has 1 aliphatic heterocycles. The lowest BCUT2D eigenvalue weighted by molar-refractivity contribution is 0.119. The number of rotatable bonds is 9. The highest BCUT2D eigenvalue weighted by molar-refractivity contribution is 4.71. The first-order valence-electron chi connectivity index (χ1n) is 7.71. The smallest absolute Gasteiger partial charge is 0.0589 e. The average Bonchev–Trinajstić information content (AvgIpc) is 2.43. The standard InChI is InChI=1S/C15H32N2O/c1-4-14(2)17(12-13-18-3)11-5-6-15-7-9-16-10-8-15/h14-16H,4-13H2,1-3H3. The van der Waals surface area contributed by atoms with Crippen LogP contribution in [0.3, 0.4) is 0 Å². The predicted molar refractivity (Wildman–Crippen MR) is 78.0 cm³/mol. The van der Waals surface area contributed by atoms with Gasteiger partial charge in [0.15, 0.2) is 0 Å². The fourth-order valence-corrected chi connectivity index (χ4v) is 2.77. The summed E-state index contributed by atoms with van der Waals surface area (Å²) in [5.74, 6) is 0.965. The van der Waals surface area contributed by atoms with Crippen molar-refractivity contribution in [3.63, 3.8) is 0 Å². The van der Waals surface area contributed by atoms with Crippen LogP contribution in [0.4, 0.5) is 0 Å². The molecule has 1 fully saturated rings. The molecule has 1 atom stereocenters. The Labute approximate surface area is 113 Å². The SMILES string of the molecule is CCC(C)N(CCCC1CCNCC1)CCOC. The van der Waals surface area contributed by atoms with E-state index in [-0.39, 0.29) is 0 Å². The lowest BCUT2D eigenvalue weighted by Crippen LogP contribution is -2.36. The maximum Gasteiger partial charge on any atom is 0.0589 e. The molecule has 0 bridgehead atoms. The molecule has 0 aliphatic carbocycles. The van der Waals surface area contributed by atoms with Crippen LogP contribution in [-0.2, 0) is 4.74 Å². The van der Waals surface area contributed by atoms with Crippen LogP contribution in [0.1, 0.15) is 46.0 Å². The van der Waals surface area contributed by atoms with Crippen molar-refractivity contribution in [3.8, 4) is 0 Å². The Kier molecular flexibility index (Phi) is 8.64. The van der Waals surface area contributed by atoms with Gasteiger partial charge in [-0.25, -0.2) is 0 Å². The minimum atomic E-state index is 0.688. The van der Waals surface area contributed by atoms with E-state index in [2.05, 4.69) is 24.1 Å². The molecule has 3 nitrogen and oxygen atoms in total. The second kappa shape index (κ2) is 9.76. The van der Waals surface area contributed by atoms with E-state index in [1.54, 1.807) is 7.11 Å². The molecule has 18 heavy (non-hydrogen) atoms. The maximum absolute atomic E-state index is 5.21. The molecule has 3 heteroatoms. The number of hydrogen-bond donors (Lipinski definition) is 1. The summed E-state index contributed by atoms with van der Waals surface area (Å²) < 4.78 is 5.21. The molecule has 0 aromatic carbocycles. The third-order valence-corrected chi connectivity index (χ3v) is 4.31. The van der Waals surface area contributed by atoms with Gasteiger partial charge in [-0.1, -0.05) is 6.92 Å². The fourth-order valence-electron chi connectivity index (χ4n) is 2.77. The van der Waals surface area contributed by atoms with Gasteiger partial charge >= 0.3 is 0 Å². The molecule has 1 unspecified atom stereocenters. The maximum atomic E-state index is 5.21. The fraction of sp³-hybridized carbons (Fsp3) is 1.00. The number of piperidine rings is 1. The van der Waals surface area contributed by atoms with Gasteiger partial charge in [0, 0.05) is 19.7 Å². The van der Waals surface area contributed by atoms with Crippen LogP contribution in [0.15, 0.2) is 0 Å². The Morgan fingerprint density at radius 2 is 2.00 bits per heavy atom. The van der Waals surface area contributed by atoms with Crippen molar-refractivity contribution >= 4 is 0 Å². The van der Waals surface area contributed by atoms with Crippen LogP contribution in [0.5, 0.6) is 0 Å². The first kappa shape index (κ1) is 15.9. The van der Waals surface area contributed by atoms with Crippen LogP contribution in [-0.4, -0.2) is 50.8 Å². The number of ether oxygens (including phenoxy) is 1. The van der Waals surface area contributed by atoms with Gasteiger partial charge in [-0.05, 0) is 64.6 Å². The Balaban J connectivity index is 2.18. The number of nitrogens with zero attached hydrogens (tertiary/aromatic N) is 1. The number of hydrogen-bond acceptors (Lipinski definition) is 3. The highest BCUT2D eigenvalue weighted by Crippen LogP contribution is 2.18. The Morgan fingerprint density at radius 1 is 1.28 bits per heavy atom. The highest BCUT2D eigenvalue weighted by atomic mass is 16.5. The van der Waals surface area contributed by atoms with Crippen LogP contribution >= 0.6 is 0 Å². The average molecular weight is 256 g/mol. The van der Waals surface area contributed by atoms with Crippen molar-refractivity contribution in [1.82, 2.24) is 10.2 Å². The molecule has 0 spiro atoms. The van der Waals surface area contributed by atoms with Gasteiger partial charge in [-0.15, -0.1) is 0 Å². The monoisotopic (exact) mass is 256 g/mol. The van der Waals surface area contributed by atoms with Crippen LogP contribution in [0.2, 0.25) is 0 Å². The van der Waals surface area contributed by atoms with Crippen LogP contribution < -0.4 is 5.32 Å². The van der Waals surface area contributed by atoms with E-state index in [4.69, 9.17) is 4.74 Å². The van der Waals surface area contributed by atoms with E-state index in [0.717, 1.165) is 19.1 Å². The molecular weight excluding hydrogens is 224 g/mol. The van der Waals surface area contributed by atoms with Crippen LogP contribution in [0.25, 0.3) is 0 Å². The zero-order valence-corrected chi connectivity index (χ0v) is 12.6. The minimum Gasteiger partial charge on any atom is -0.383 e. The summed E-state index contributed by atoms with van der Waals surface area (Å²) in [5, 5.41) is 3.44. The third kappa shape index (κ3) is 6.17. The van der Waals surface area contributed by atoms with Gasteiger partial charge in [0.25, 0.3) is 0 Å². The molecule has 1 N–H and O–H groups in total. The Hall–Kier alpha value is -0.120. The molecule has 0 saturated carbocycles. The van der Waals surface area contributed by atoms with Gasteiger partial charge in [0.2, 0.25) is 0 Å². The van der Waals surface area contributed by atoms with Crippen molar-refractivity contribution in [3.05, 3.63) is 0 Å². The molecule has 108 valence electrons. The summed E-state index contributed by atoms with van der Waals surface area (Å²) >= 11 is 0. The Morgan fingerprint density at radius 3 is 2.61 bits per heavy atom. The van der Waals surface area contributed by atoms with Crippen molar-refractivity contribution in [1.29, 1.82) is 0 Å². The zero-order chi connectivity index (χ0) is 13.2. The van der Waals surface area contributed by atoms with E-state index in [9.17, 15) is 0 Å². The summed E-state index contributed by atoms with van der Waals surface area (Å²) in [6.07, 6.45) is 6.74. The van der Waals surface area contributed by atoms with E-state index >= 15 is 0 Å². The van der Waals surface area contributed by atoms with E-state index in [0.29, 0.717) is 6.04 Å².